The SMILES string of the molecule is CCN(CC)CCOc1nc(Br)cn2ccnc12. The predicted octanol–water partition coefficient (Wildman–Crippen LogP) is 2.21. The summed E-state index contributed by atoms with van der Waals surface area (Å²) in [4.78, 5) is 10.9. The summed E-state index contributed by atoms with van der Waals surface area (Å²) in [5.41, 5.74) is 0.748. The maximum absolute atomic E-state index is 5.73. The van der Waals surface area contributed by atoms with Crippen molar-refractivity contribution in [3.05, 3.63) is 23.2 Å². The van der Waals surface area contributed by atoms with Crippen LogP contribution in [0.5, 0.6) is 5.88 Å². The molecule has 0 saturated heterocycles. The van der Waals surface area contributed by atoms with Crippen LogP contribution < -0.4 is 4.74 Å². The number of hydrogen-bond acceptors (Lipinski definition) is 4. The van der Waals surface area contributed by atoms with Gasteiger partial charge in [0.25, 0.3) is 5.88 Å². The van der Waals surface area contributed by atoms with Gasteiger partial charge >= 0.3 is 0 Å². The molecule has 0 radical (unpaired) electrons. The van der Waals surface area contributed by atoms with Crippen molar-refractivity contribution in [3.8, 4) is 5.88 Å². The van der Waals surface area contributed by atoms with Crippen LogP contribution in [0.1, 0.15) is 13.8 Å². The third-order valence-corrected chi connectivity index (χ3v) is 3.24. The van der Waals surface area contributed by atoms with Crippen LogP contribution in [0.4, 0.5) is 0 Å². The number of rotatable bonds is 6. The molecule has 0 aliphatic carbocycles. The number of hydrogen-bond donors (Lipinski definition) is 0. The van der Waals surface area contributed by atoms with E-state index < -0.39 is 0 Å². The van der Waals surface area contributed by atoms with Crippen LogP contribution >= 0.6 is 15.9 Å². The second-order valence-electron chi connectivity index (χ2n) is 3.90. The first-order valence-electron chi connectivity index (χ1n) is 6.09. The van der Waals surface area contributed by atoms with E-state index in [4.69, 9.17) is 4.74 Å². The van der Waals surface area contributed by atoms with Crippen molar-refractivity contribution in [2.24, 2.45) is 0 Å². The van der Waals surface area contributed by atoms with Gasteiger partial charge in [-0.1, -0.05) is 13.8 Å². The van der Waals surface area contributed by atoms with Gasteiger partial charge in [-0.15, -0.1) is 0 Å². The summed E-state index contributed by atoms with van der Waals surface area (Å²) in [6, 6.07) is 0. The summed E-state index contributed by atoms with van der Waals surface area (Å²) in [6.45, 7) is 7.87. The van der Waals surface area contributed by atoms with Gasteiger partial charge in [-0.2, -0.15) is 0 Å². The van der Waals surface area contributed by atoms with Crippen molar-refractivity contribution in [2.75, 3.05) is 26.2 Å². The molecule has 0 amide bonds. The van der Waals surface area contributed by atoms with E-state index in [-0.39, 0.29) is 0 Å². The predicted molar refractivity (Wildman–Crippen MR) is 74.0 cm³/mol. The summed E-state index contributed by atoms with van der Waals surface area (Å²) in [5, 5.41) is 0. The lowest BCUT2D eigenvalue weighted by Crippen LogP contribution is -2.28. The first kappa shape index (κ1) is 13.3. The minimum atomic E-state index is 0.571. The Morgan fingerprint density at radius 2 is 2.17 bits per heavy atom. The minimum absolute atomic E-state index is 0.571. The van der Waals surface area contributed by atoms with Gasteiger partial charge in [-0.25, -0.2) is 9.97 Å². The summed E-state index contributed by atoms with van der Waals surface area (Å²) >= 11 is 3.37. The van der Waals surface area contributed by atoms with Gasteiger partial charge in [0.2, 0.25) is 5.65 Å². The normalized spacial score (nSPS) is 11.3. The average molecular weight is 313 g/mol. The summed E-state index contributed by atoms with van der Waals surface area (Å²) in [7, 11) is 0. The zero-order valence-corrected chi connectivity index (χ0v) is 12.2. The zero-order chi connectivity index (χ0) is 13.0. The monoisotopic (exact) mass is 312 g/mol. The largest absolute Gasteiger partial charge is 0.474 e. The maximum atomic E-state index is 5.73. The lowest BCUT2D eigenvalue weighted by molar-refractivity contribution is 0.218. The van der Waals surface area contributed by atoms with Crippen LogP contribution in [-0.2, 0) is 0 Å². The first-order chi connectivity index (χ1) is 8.74. The van der Waals surface area contributed by atoms with Gasteiger partial charge in [0.15, 0.2) is 0 Å². The molecular weight excluding hydrogens is 296 g/mol. The molecule has 6 heteroatoms. The van der Waals surface area contributed by atoms with Crippen molar-refractivity contribution < 1.29 is 4.74 Å². The Hall–Kier alpha value is -1.14. The maximum Gasteiger partial charge on any atom is 0.259 e. The molecule has 0 aliphatic heterocycles. The molecule has 0 aromatic carbocycles. The van der Waals surface area contributed by atoms with Gasteiger partial charge in [0, 0.05) is 25.1 Å². The fraction of sp³-hybridized carbons (Fsp3) is 0.500. The molecule has 0 spiro atoms. The fourth-order valence-corrected chi connectivity index (χ4v) is 2.16. The highest BCUT2D eigenvalue weighted by atomic mass is 79.9. The quantitative estimate of drug-likeness (QED) is 0.820. The molecule has 0 fully saturated rings. The van der Waals surface area contributed by atoms with Crippen molar-refractivity contribution >= 4 is 21.6 Å². The van der Waals surface area contributed by atoms with E-state index in [2.05, 4.69) is 44.6 Å². The summed E-state index contributed by atoms with van der Waals surface area (Å²) in [5.74, 6) is 0.571. The summed E-state index contributed by atoms with van der Waals surface area (Å²) < 4.78 is 8.36. The molecule has 0 N–H and O–H groups in total. The van der Waals surface area contributed by atoms with Crippen LogP contribution in [-0.4, -0.2) is 45.5 Å². The molecule has 0 atom stereocenters. The van der Waals surface area contributed by atoms with E-state index in [1.54, 1.807) is 6.20 Å². The number of halogens is 1. The smallest absolute Gasteiger partial charge is 0.259 e. The van der Waals surface area contributed by atoms with Crippen LogP contribution in [0, 0.1) is 0 Å². The number of ether oxygens (including phenoxy) is 1. The molecule has 0 bridgehead atoms. The van der Waals surface area contributed by atoms with Gasteiger partial charge < -0.3 is 9.64 Å². The Kier molecular flexibility index (Phi) is 4.54. The first-order valence-corrected chi connectivity index (χ1v) is 6.88. The number of aromatic nitrogens is 3. The van der Waals surface area contributed by atoms with E-state index in [1.807, 2.05) is 16.8 Å². The fourth-order valence-electron chi connectivity index (χ4n) is 1.78. The second-order valence-corrected chi connectivity index (χ2v) is 4.71. The Bertz CT molecular complexity index is 510. The third kappa shape index (κ3) is 3.00. The van der Waals surface area contributed by atoms with E-state index in [1.165, 1.54) is 0 Å². The molecule has 2 heterocycles. The van der Waals surface area contributed by atoms with Crippen LogP contribution in [0.15, 0.2) is 23.2 Å². The lowest BCUT2D eigenvalue weighted by Gasteiger charge is -2.17. The Morgan fingerprint density at radius 3 is 2.89 bits per heavy atom. The second kappa shape index (κ2) is 6.15. The number of fused-ring (bicyclic) bond motifs is 1. The Balaban J connectivity index is 2.05. The van der Waals surface area contributed by atoms with Gasteiger partial charge in [-0.3, -0.25) is 4.40 Å². The number of imidazole rings is 1. The van der Waals surface area contributed by atoms with Crippen molar-refractivity contribution in [2.45, 2.75) is 13.8 Å². The molecule has 5 nitrogen and oxygen atoms in total. The van der Waals surface area contributed by atoms with Crippen molar-refractivity contribution in [1.29, 1.82) is 0 Å². The van der Waals surface area contributed by atoms with Gasteiger partial charge in [0.1, 0.15) is 11.2 Å². The standard InChI is InChI=1S/C12H17BrN4O/c1-3-16(4-2)7-8-18-12-11-14-5-6-17(11)9-10(13)15-12/h5-6,9H,3-4,7-8H2,1-2H3. The van der Waals surface area contributed by atoms with E-state index >= 15 is 0 Å². The highest BCUT2D eigenvalue weighted by Gasteiger charge is 2.08. The average Bonchev–Trinajstić information content (AvgIpc) is 2.82. The molecule has 2 aromatic rings. The minimum Gasteiger partial charge on any atom is -0.474 e. The highest BCUT2D eigenvalue weighted by Crippen LogP contribution is 2.18. The zero-order valence-electron chi connectivity index (χ0n) is 10.6. The summed E-state index contributed by atoms with van der Waals surface area (Å²) in [6.07, 6.45) is 5.47. The van der Waals surface area contributed by atoms with Crippen molar-refractivity contribution in [1.82, 2.24) is 19.3 Å². The molecule has 2 aromatic heterocycles. The molecule has 0 unspecified atom stereocenters. The van der Waals surface area contributed by atoms with Crippen LogP contribution in [0.2, 0.25) is 0 Å². The molecule has 0 aliphatic rings. The third-order valence-electron chi connectivity index (χ3n) is 2.85. The number of nitrogens with zero attached hydrogens (tertiary/aromatic N) is 4. The molecule has 18 heavy (non-hydrogen) atoms. The Morgan fingerprint density at radius 1 is 1.39 bits per heavy atom. The molecule has 0 saturated carbocycles. The van der Waals surface area contributed by atoms with E-state index in [9.17, 15) is 0 Å². The topological polar surface area (TPSA) is 42.7 Å². The highest BCUT2D eigenvalue weighted by molar-refractivity contribution is 9.10. The van der Waals surface area contributed by atoms with Crippen molar-refractivity contribution in [3.63, 3.8) is 0 Å². The molecular formula is C12H17BrN4O. The van der Waals surface area contributed by atoms with Gasteiger partial charge in [0.05, 0.1) is 0 Å². The van der Waals surface area contributed by atoms with E-state index in [0.29, 0.717) is 12.5 Å². The molecule has 98 valence electrons. The number of likely N-dealkylation sites (N-methyl/N-ethyl adjacent to an activating group) is 1. The van der Waals surface area contributed by atoms with Gasteiger partial charge in [-0.05, 0) is 29.0 Å². The Labute approximate surface area is 115 Å². The van der Waals surface area contributed by atoms with Crippen LogP contribution in [0.3, 0.4) is 0 Å². The van der Waals surface area contributed by atoms with E-state index in [0.717, 1.165) is 29.9 Å². The lowest BCUT2D eigenvalue weighted by atomic mass is 10.5. The van der Waals surface area contributed by atoms with Crippen LogP contribution in [0.25, 0.3) is 5.65 Å². The molecule has 2 rings (SSSR count).